The molecule has 0 amide bonds. The van der Waals surface area contributed by atoms with Crippen LogP contribution >= 0.6 is 0 Å². The highest BCUT2D eigenvalue weighted by Gasteiger charge is 2.53. The van der Waals surface area contributed by atoms with Crippen LogP contribution in [0.3, 0.4) is 0 Å². The first-order valence-corrected chi connectivity index (χ1v) is 8.96. The summed E-state index contributed by atoms with van der Waals surface area (Å²) < 4.78 is 5.73. The van der Waals surface area contributed by atoms with Crippen LogP contribution in [0.5, 0.6) is 0 Å². The van der Waals surface area contributed by atoms with Crippen LogP contribution in [0.4, 0.5) is 0 Å². The maximum Gasteiger partial charge on any atom is 0.323 e. The first kappa shape index (κ1) is 15.2. The topological polar surface area (TPSA) is 41.6 Å². The van der Waals surface area contributed by atoms with E-state index in [-0.39, 0.29) is 12.0 Å². The lowest BCUT2D eigenvalue weighted by atomic mass is 9.94. The van der Waals surface area contributed by atoms with Gasteiger partial charge in [-0.25, -0.2) is 0 Å². The Labute approximate surface area is 138 Å². The average molecular weight is 314 g/mol. The highest BCUT2D eigenvalue weighted by Crippen LogP contribution is 2.48. The number of fused-ring (bicyclic) bond motifs is 2. The molecule has 1 saturated carbocycles. The summed E-state index contributed by atoms with van der Waals surface area (Å²) in [6.07, 6.45) is 1.85. The van der Waals surface area contributed by atoms with Gasteiger partial charge in [0.1, 0.15) is 6.04 Å². The number of piperidine rings is 1. The molecule has 1 aromatic rings. The first-order valence-electron chi connectivity index (χ1n) is 8.96. The fourth-order valence-corrected chi connectivity index (χ4v) is 4.40. The van der Waals surface area contributed by atoms with Crippen molar-refractivity contribution in [2.24, 2.45) is 17.8 Å². The Balaban J connectivity index is 1.40. The number of rotatable bonds is 5. The van der Waals surface area contributed by atoms with Crippen LogP contribution in [0.25, 0.3) is 0 Å². The minimum Gasteiger partial charge on any atom is -0.464 e. The Hall–Kier alpha value is -1.39. The second-order valence-corrected chi connectivity index (χ2v) is 7.24. The van der Waals surface area contributed by atoms with Gasteiger partial charge in [-0.3, -0.25) is 9.69 Å². The van der Waals surface area contributed by atoms with Gasteiger partial charge < -0.3 is 10.1 Å². The molecule has 0 spiro atoms. The molecule has 0 bridgehead atoms. The average Bonchev–Trinajstić information content (AvgIpc) is 3.00. The van der Waals surface area contributed by atoms with Gasteiger partial charge in [-0.2, -0.15) is 0 Å². The Morgan fingerprint density at radius 1 is 1.26 bits per heavy atom. The molecule has 1 aliphatic carbocycles. The number of ether oxygens (including phenoxy) is 1. The zero-order valence-electron chi connectivity index (χ0n) is 13.8. The summed E-state index contributed by atoms with van der Waals surface area (Å²) in [5, 5.41) is 3.39. The van der Waals surface area contributed by atoms with Gasteiger partial charge >= 0.3 is 5.97 Å². The highest BCUT2D eigenvalue weighted by atomic mass is 16.5. The SMILES string of the molecule is CCCN1Cc2ccccc2CC1C(=O)OCC1C2CNCC21. The summed E-state index contributed by atoms with van der Waals surface area (Å²) in [5.74, 6) is 2.09. The monoisotopic (exact) mass is 314 g/mol. The van der Waals surface area contributed by atoms with Gasteiger partial charge in [0, 0.05) is 12.5 Å². The zero-order chi connectivity index (χ0) is 15.8. The van der Waals surface area contributed by atoms with Crippen LogP contribution < -0.4 is 5.32 Å². The van der Waals surface area contributed by atoms with Gasteiger partial charge in [-0.1, -0.05) is 31.2 Å². The van der Waals surface area contributed by atoms with Crippen LogP contribution in [-0.2, 0) is 22.5 Å². The highest BCUT2D eigenvalue weighted by molar-refractivity contribution is 5.76. The number of nitrogens with zero attached hydrogens (tertiary/aromatic N) is 1. The van der Waals surface area contributed by atoms with Crippen molar-refractivity contribution in [3.05, 3.63) is 35.4 Å². The Morgan fingerprint density at radius 3 is 2.74 bits per heavy atom. The smallest absolute Gasteiger partial charge is 0.323 e. The molecule has 1 saturated heterocycles. The summed E-state index contributed by atoms with van der Waals surface area (Å²) in [5.41, 5.74) is 2.65. The van der Waals surface area contributed by atoms with Crippen molar-refractivity contribution in [1.29, 1.82) is 0 Å². The van der Waals surface area contributed by atoms with Crippen molar-refractivity contribution in [2.75, 3.05) is 26.2 Å². The van der Waals surface area contributed by atoms with E-state index in [1.807, 2.05) is 0 Å². The van der Waals surface area contributed by atoms with Gasteiger partial charge in [0.15, 0.2) is 0 Å². The van der Waals surface area contributed by atoms with Crippen molar-refractivity contribution in [3.8, 4) is 0 Å². The maximum atomic E-state index is 12.7. The molecule has 23 heavy (non-hydrogen) atoms. The second kappa shape index (κ2) is 6.25. The lowest BCUT2D eigenvalue weighted by Gasteiger charge is -2.35. The third-order valence-electron chi connectivity index (χ3n) is 5.82. The molecule has 124 valence electrons. The number of hydrogen-bond donors (Lipinski definition) is 1. The predicted molar refractivity (Wildman–Crippen MR) is 88.9 cm³/mol. The molecule has 3 aliphatic rings. The molecular weight excluding hydrogens is 288 g/mol. The summed E-state index contributed by atoms with van der Waals surface area (Å²) in [6.45, 7) is 6.81. The van der Waals surface area contributed by atoms with Crippen LogP contribution in [0.2, 0.25) is 0 Å². The summed E-state index contributed by atoms with van der Waals surface area (Å²) in [7, 11) is 0. The first-order chi connectivity index (χ1) is 11.3. The van der Waals surface area contributed by atoms with E-state index in [0.29, 0.717) is 12.5 Å². The van der Waals surface area contributed by atoms with Crippen LogP contribution in [-0.4, -0.2) is 43.2 Å². The van der Waals surface area contributed by atoms with Gasteiger partial charge in [-0.15, -0.1) is 0 Å². The van der Waals surface area contributed by atoms with E-state index in [2.05, 4.69) is 41.4 Å². The fraction of sp³-hybridized carbons (Fsp3) is 0.632. The number of hydrogen-bond acceptors (Lipinski definition) is 4. The van der Waals surface area contributed by atoms with Crippen LogP contribution in [0.15, 0.2) is 24.3 Å². The molecule has 0 radical (unpaired) electrons. The van der Waals surface area contributed by atoms with E-state index in [1.165, 1.54) is 11.1 Å². The minimum atomic E-state index is -0.110. The van der Waals surface area contributed by atoms with Gasteiger partial charge in [0.25, 0.3) is 0 Å². The second-order valence-electron chi connectivity index (χ2n) is 7.24. The Bertz CT molecular complexity index is 578. The van der Waals surface area contributed by atoms with Gasteiger partial charge in [0.2, 0.25) is 0 Å². The maximum absolute atomic E-state index is 12.7. The molecule has 2 aliphatic heterocycles. The lowest BCUT2D eigenvalue weighted by Crippen LogP contribution is -2.46. The van der Waals surface area contributed by atoms with E-state index in [0.717, 1.165) is 50.9 Å². The number of esters is 1. The third-order valence-corrected chi connectivity index (χ3v) is 5.82. The molecule has 1 N–H and O–H groups in total. The molecule has 2 heterocycles. The van der Waals surface area contributed by atoms with E-state index in [4.69, 9.17) is 4.74 Å². The van der Waals surface area contributed by atoms with Crippen molar-refractivity contribution in [3.63, 3.8) is 0 Å². The fourth-order valence-electron chi connectivity index (χ4n) is 4.40. The van der Waals surface area contributed by atoms with Crippen molar-refractivity contribution in [2.45, 2.75) is 32.4 Å². The molecule has 4 heteroatoms. The quantitative estimate of drug-likeness (QED) is 0.842. The predicted octanol–water partition coefficient (Wildman–Crippen LogP) is 1.83. The molecule has 3 atom stereocenters. The standard InChI is InChI=1S/C19H26N2O2/c1-2-7-21-11-14-6-4-3-5-13(14)8-18(21)19(22)23-12-17-15-9-20-10-16(15)17/h3-6,15-18,20H,2,7-12H2,1H3. The van der Waals surface area contributed by atoms with Gasteiger partial charge in [0.05, 0.1) is 6.61 Å². The number of carbonyl (C=O) groups is 1. The molecule has 0 aromatic heterocycles. The van der Waals surface area contributed by atoms with E-state index >= 15 is 0 Å². The molecule has 1 aromatic carbocycles. The Kier molecular flexibility index (Phi) is 4.12. The van der Waals surface area contributed by atoms with E-state index < -0.39 is 0 Å². The summed E-state index contributed by atoms with van der Waals surface area (Å²) in [6, 6.07) is 8.37. The zero-order valence-corrected chi connectivity index (χ0v) is 13.8. The minimum absolute atomic E-state index is 0.0223. The summed E-state index contributed by atoms with van der Waals surface area (Å²) >= 11 is 0. The largest absolute Gasteiger partial charge is 0.464 e. The molecular formula is C19H26N2O2. The number of benzene rings is 1. The van der Waals surface area contributed by atoms with E-state index in [1.54, 1.807) is 0 Å². The van der Waals surface area contributed by atoms with E-state index in [9.17, 15) is 4.79 Å². The lowest BCUT2D eigenvalue weighted by molar-refractivity contribution is -0.151. The molecule has 3 unspecified atom stereocenters. The third kappa shape index (κ3) is 2.90. The van der Waals surface area contributed by atoms with Gasteiger partial charge in [-0.05, 0) is 55.4 Å². The van der Waals surface area contributed by atoms with Crippen molar-refractivity contribution >= 4 is 5.97 Å². The molecule has 2 fully saturated rings. The summed E-state index contributed by atoms with van der Waals surface area (Å²) in [4.78, 5) is 15.0. The Morgan fingerprint density at radius 2 is 2.00 bits per heavy atom. The van der Waals surface area contributed by atoms with Crippen LogP contribution in [0.1, 0.15) is 24.5 Å². The van der Waals surface area contributed by atoms with Crippen LogP contribution in [0, 0.1) is 17.8 Å². The number of carbonyl (C=O) groups excluding carboxylic acids is 1. The molecule has 4 nitrogen and oxygen atoms in total. The normalized spacial score (nSPS) is 32.2. The molecule has 4 rings (SSSR count). The van der Waals surface area contributed by atoms with Crippen molar-refractivity contribution < 1.29 is 9.53 Å². The number of nitrogens with one attached hydrogen (secondary N) is 1. The van der Waals surface area contributed by atoms with Crippen molar-refractivity contribution in [1.82, 2.24) is 10.2 Å².